The molecule has 4 aromatic rings. The van der Waals surface area contributed by atoms with Crippen molar-refractivity contribution in [3.8, 4) is 17.1 Å². The lowest BCUT2D eigenvalue weighted by Gasteiger charge is -2.34. The number of ether oxygens (including phenoxy) is 1. The first kappa shape index (κ1) is 19.0. The zero-order valence-electron chi connectivity index (χ0n) is 17.0. The Balaban J connectivity index is 1.58. The van der Waals surface area contributed by atoms with E-state index in [2.05, 4.69) is 43.9 Å². The van der Waals surface area contributed by atoms with Gasteiger partial charge in [0.1, 0.15) is 22.0 Å². The van der Waals surface area contributed by atoms with Gasteiger partial charge in [0.25, 0.3) is 5.56 Å². The maximum absolute atomic E-state index is 12.8. The number of anilines is 2. The molecule has 0 unspecified atom stereocenters. The normalized spacial score (nSPS) is 15.3. The summed E-state index contributed by atoms with van der Waals surface area (Å²) in [4.78, 5) is 29.1. The standard InChI is InChI=1S/C21H24N6O2S/c1-3-29-15-11-30-21-16(15)18(22)17(20(28)25-21)19-23-13-5-4-12(10-14(13)24-19)27-8-6-26(2)7-9-27/h4-5,10-11H,3,6-9H2,1-2H3,(H,23,24)(H3,22,25,28). The van der Waals surface area contributed by atoms with Gasteiger partial charge < -0.3 is 30.2 Å². The van der Waals surface area contributed by atoms with Crippen LogP contribution in [0, 0.1) is 0 Å². The number of hydrogen-bond acceptors (Lipinski definition) is 7. The monoisotopic (exact) mass is 424 g/mol. The van der Waals surface area contributed by atoms with Crippen LogP contribution in [0.25, 0.3) is 32.6 Å². The summed E-state index contributed by atoms with van der Waals surface area (Å²) in [7, 11) is 2.14. The fraction of sp³-hybridized carbons (Fsp3) is 0.333. The van der Waals surface area contributed by atoms with E-state index in [1.54, 1.807) is 0 Å². The number of imidazole rings is 1. The van der Waals surface area contributed by atoms with E-state index in [-0.39, 0.29) is 5.56 Å². The minimum absolute atomic E-state index is 0.261. The van der Waals surface area contributed by atoms with E-state index in [9.17, 15) is 4.79 Å². The second kappa shape index (κ2) is 7.33. The molecule has 1 aliphatic rings. The van der Waals surface area contributed by atoms with Crippen LogP contribution in [0.3, 0.4) is 0 Å². The van der Waals surface area contributed by atoms with Gasteiger partial charge >= 0.3 is 0 Å². The Morgan fingerprint density at radius 2 is 2.03 bits per heavy atom. The van der Waals surface area contributed by atoms with Crippen molar-refractivity contribution in [3.63, 3.8) is 0 Å². The Hall–Kier alpha value is -3.04. The average molecular weight is 425 g/mol. The predicted octanol–water partition coefficient (Wildman–Crippen LogP) is 2.87. The van der Waals surface area contributed by atoms with Gasteiger partial charge in [-0.05, 0) is 32.2 Å². The number of rotatable bonds is 4. The molecule has 3 aromatic heterocycles. The van der Waals surface area contributed by atoms with E-state index in [1.807, 2.05) is 18.4 Å². The number of likely N-dealkylation sites (N-methyl/N-ethyl adjacent to an activating group) is 1. The summed E-state index contributed by atoms with van der Waals surface area (Å²) < 4.78 is 5.69. The lowest BCUT2D eigenvalue weighted by atomic mass is 10.1. The Morgan fingerprint density at radius 3 is 2.80 bits per heavy atom. The predicted molar refractivity (Wildman–Crippen MR) is 123 cm³/mol. The van der Waals surface area contributed by atoms with Crippen molar-refractivity contribution in [1.29, 1.82) is 0 Å². The van der Waals surface area contributed by atoms with Gasteiger partial charge in [0.15, 0.2) is 0 Å². The number of aromatic amines is 2. The Bertz CT molecular complexity index is 1280. The maximum atomic E-state index is 12.8. The van der Waals surface area contributed by atoms with Crippen LogP contribution in [0.15, 0.2) is 28.4 Å². The van der Waals surface area contributed by atoms with Crippen LogP contribution in [0.1, 0.15) is 6.92 Å². The number of fused-ring (bicyclic) bond motifs is 2. The molecule has 9 heteroatoms. The largest absolute Gasteiger partial charge is 0.492 e. The van der Waals surface area contributed by atoms with Crippen LogP contribution in [0.4, 0.5) is 11.4 Å². The summed E-state index contributed by atoms with van der Waals surface area (Å²) in [5.74, 6) is 1.15. The SMILES string of the molecule is CCOc1csc2[nH]c(=O)c(-c3nc4ccc(N5CCN(C)CC5)cc4[nH]3)c(N)c12. The van der Waals surface area contributed by atoms with Crippen molar-refractivity contribution < 1.29 is 4.74 Å². The zero-order valence-corrected chi connectivity index (χ0v) is 17.8. The molecular weight excluding hydrogens is 400 g/mol. The summed E-state index contributed by atoms with van der Waals surface area (Å²) in [6, 6.07) is 6.17. The topological polar surface area (TPSA) is 103 Å². The number of hydrogen-bond donors (Lipinski definition) is 3. The quantitative estimate of drug-likeness (QED) is 0.465. The first-order valence-electron chi connectivity index (χ1n) is 10.0. The molecule has 4 N–H and O–H groups in total. The third kappa shape index (κ3) is 3.10. The molecule has 0 radical (unpaired) electrons. The highest BCUT2D eigenvalue weighted by Crippen LogP contribution is 2.38. The van der Waals surface area contributed by atoms with Crippen molar-refractivity contribution in [2.24, 2.45) is 0 Å². The highest BCUT2D eigenvalue weighted by Gasteiger charge is 2.20. The molecule has 0 spiro atoms. The molecule has 1 aromatic carbocycles. The van der Waals surface area contributed by atoms with Gasteiger partial charge in [0.05, 0.1) is 28.7 Å². The first-order valence-corrected chi connectivity index (χ1v) is 10.9. The van der Waals surface area contributed by atoms with E-state index < -0.39 is 0 Å². The number of nitrogens with one attached hydrogen (secondary N) is 2. The average Bonchev–Trinajstić information content (AvgIpc) is 3.32. The zero-order chi connectivity index (χ0) is 20.8. The van der Waals surface area contributed by atoms with E-state index in [0.29, 0.717) is 34.3 Å². The van der Waals surface area contributed by atoms with Crippen molar-refractivity contribution in [2.45, 2.75) is 6.92 Å². The molecule has 8 nitrogen and oxygen atoms in total. The third-order valence-electron chi connectivity index (χ3n) is 5.62. The fourth-order valence-electron chi connectivity index (χ4n) is 3.98. The van der Waals surface area contributed by atoms with E-state index >= 15 is 0 Å². The van der Waals surface area contributed by atoms with Crippen LogP contribution in [-0.4, -0.2) is 59.7 Å². The van der Waals surface area contributed by atoms with Crippen LogP contribution >= 0.6 is 11.3 Å². The molecule has 0 atom stereocenters. The second-order valence-electron chi connectivity index (χ2n) is 7.56. The molecule has 0 amide bonds. The summed E-state index contributed by atoms with van der Waals surface area (Å²) in [6.45, 7) is 6.51. The highest BCUT2D eigenvalue weighted by molar-refractivity contribution is 7.17. The molecule has 0 bridgehead atoms. The third-order valence-corrected chi connectivity index (χ3v) is 6.49. The Morgan fingerprint density at radius 1 is 1.23 bits per heavy atom. The number of nitrogens with two attached hydrogens (primary N) is 1. The van der Waals surface area contributed by atoms with Gasteiger partial charge in [0, 0.05) is 37.2 Å². The molecule has 30 heavy (non-hydrogen) atoms. The number of nitrogens with zero attached hydrogens (tertiary/aromatic N) is 3. The van der Waals surface area contributed by atoms with Crippen LogP contribution < -0.4 is 20.9 Å². The molecule has 1 fully saturated rings. The van der Waals surface area contributed by atoms with Gasteiger partial charge in [0.2, 0.25) is 0 Å². The molecule has 0 aliphatic carbocycles. The molecule has 4 heterocycles. The number of piperazine rings is 1. The molecule has 0 saturated carbocycles. The van der Waals surface area contributed by atoms with Gasteiger partial charge in [-0.1, -0.05) is 0 Å². The van der Waals surface area contributed by atoms with E-state index in [4.69, 9.17) is 10.5 Å². The molecule has 1 saturated heterocycles. The van der Waals surface area contributed by atoms with Crippen LogP contribution in [-0.2, 0) is 0 Å². The Kier molecular flexibility index (Phi) is 4.63. The minimum atomic E-state index is -0.261. The summed E-state index contributed by atoms with van der Waals surface area (Å²) in [5, 5.41) is 2.60. The molecule has 156 valence electrons. The number of aromatic nitrogens is 3. The summed E-state index contributed by atoms with van der Waals surface area (Å²) in [5.41, 5.74) is 9.75. The van der Waals surface area contributed by atoms with Crippen molar-refractivity contribution in [2.75, 3.05) is 50.5 Å². The second-order valence-corrected chi connectivity index (χ2v) is 8.44. The molecule has 5 rings (SSSR count). The number of pyridine rings is 1. The van der Waals surface area contributed by atoms with Gasteiger partial charge in [-0.2, -0.15) is 0 Å². The van der Waals surface area contributed by atoms with Gasteiger partial charge in [-0.3, -0.25) is 4.79 Å². The van der Waals surface area contributed by atoms with Gasteiger partial charge in [-0.25, -0.2) is 4.98 Å². The number of nitrogen functional groups attached to an aromatic ring is 1. The van der Waals surface area contributed by atoms with E-state index in [0.717, 1.165) is 48.3 Å². The van der Waals surface area contributed by atoms with Crippen molar-refractivity contribution in [1.82, 2.24) is 19.9 Å². The summed E-state index contributed by atoms with van der Waals surface area (Å²) in [6.07, 6.45) is 0. The minimum Gasteiger partial charge on any atom is -0.492 e. The lowest BCUT2D eigenvalue weighted by Crippen LogP contribution is -2.44. The summed E-state index contributed by atoms with van der Waals surface area (Å²) >= 11 is 1.41. The van der Waals surface area contributed by atoms with E-state index in [1.165, 1.54) is 11.3 Å². The highest BCUT2D eigenvalue weighted by atomic mass is 32.1. The Labute approximate surface area is 177 Å². The number of benzene rings is 1. The molecule has 1 aliphatic heterocycles. The fourth-order valence-corrected chi connectivity index (χ4v) is 4.87. The number of H-pyrrole nitrogens is 2. The number of thiophene rings is 1. The van der Waals surface area contributed by atoms with Crippen molar-refractivity contribution in [3.05, 3.63) is 33.9 Å². The van der Waals surface area contributed by atoms with Crippen LogP contribution in [0.2, 0.25) is 0 Å². The van der Waals surface area contributed by atoms with Crippen LogP contribution in [0.5, 0.6) is 5.75 Å². The lowest BCUT2D eigenvalue weighted by molar-refractivity contribution is 0.313. The smallest absolute Gasteiger partial charge is 0.262 e. The first-order chi connectivity index (χ1) is 14.5. The van der Waals surface area contributed by atoms with Gasteiger partial charge in [-0.15, -0.1) is 11.3 Å². The van der Waals surface area contributed by atoms with Crippen molar-refractivity contribution >= 4 is 44.0 Å². The maximum Gasteiger partial charge on any atom is 0.262 e. The molecular formula is C21H24N6O2S.